The third-order valence-electron chi connectivity index (χ3n) is 4.85. The molecule has 6 nitrogen and oxygen atoms in total. The lowest BCUT2D eigenvalue weighted by molar-refractivity contribution is -0.120. The molecule has 0 radical (unpaired) electrons. The molecule has 2 aliphatic rings. The third kappa shape index (κ3) is 2.81. The van der Waals surface area contributed by atoms with Crippen LogP contribution in [0.1, 0.15) is 58.2 Å². The molecular formula is C15H25N5O. The summed E-state index contributed by atoms with van der Waals surface area (Å²) in [5, 5.41) is 8.67. The second-order valence-electron chi connectivity index (χ2n) is 7.48. The van der Waals surface area contributed by atoms with Gasteiger partial charge in [0.1, 0.15) is 0 Å². The van der Waals surface area contributed by atoms with Crippen molar-refractivity contribution in [3.05, 3.63) is 11.9 Å². The number of piperidine rings is 1. The Labute approximate surface area is 125 Å². The lowest BCUT2D eigenvalue weighted by Crippen LogP contribution is -2.47. The number of hydrogen-bond donors (Lipinski definition) is 1. The van der Waals surface area contributed by atoms with Crippen LogP contribution in [0.5, 0.6) is 0 Å². The molecule has 116 valence electrons. The fourth-order valence-electron chi connectivity index (χ4n) is 3.70. The topological polar surface area (TPSA) is 77.0 Å². The fraction of sp³-hybridized carbons (Fsp3) is 0.800. The van der Waals surface area contributed by atoms with Gasteiger partial charge in [0.25, 0.3) is 0 Å². The molecule has 0 aromatic carbocycles. The van der Waals surface area contributed by atoms with Crippen molar-refractivity contribution in [2.24, 2.45) is 5.73 Å². The molecule has 21 heavy (non-hydrogen) atoms. The number of aromatic nitrogens is 3. The highest BCUT2D eigenvalue weighted by molar-refractivity contribution is 5.76. The van der Waals surface area contributed by atoms with Crippen LogP contribution in [0, 0.1) is 0 Å². The van der Waals surface area contributed by atoms with Crippen LogP contribution in [-0.2, 0) is 10.2 Å². The van der Waals surface area contributed by atoms with Gasteiger partial charge >= 0.3 is 0 Å². The maximum Gasteiger partial charge on any atom is 0.231 e. The average Bonchev–Trinajstić information content (AvgIpc) is 2.93. The summed E-state index contributed by atoms with van der Waals surface area (Å²) in [6, 6.07) is 1.32. The van der Waals surface area contributed by atoms with Crippen LogP contribution in [0.3, 0.4) is 0 Å². The van der Waals surface area contributed by atoms with Crippen molar-refractivity contribution in [1.29, 1.82) is 0 Å². The first kappa shape index (κ1) is 14.5. The summed E-state index contributed by atoms with van der Waals surface area (Å²) in [5.74, 6) is -0.221. The first-order chi connectivity index (χ1) is 9.84. The summed E-state index contributed by atoms with van der Waals surface area (Å²) < 4.78 is 2.04. The van der Waals surface area contributed by atoms with E-state index in [1.807, 2.05) is 4.68 Å². The monoisotopic (exact) mass is 291 g/mol. The van der Waals surface area contributed by atoms with Gasteiger partial charge in [0.2, 0.25) is 5.91 Å². The Morgan fingerprint density at radius 2 is 1.90 bits per heavy atom. The summed E-state index contributed by atoms with van der Waals surface area (Å²) in [6.45, 7) is 6.86. The Bertz CT molecular complexity index is 518. The van der Waals surface area contributed by atoms with Gasteiger partial charge in [0.05, 0.1) is 18.3 Å². The Hall–Kier alpha value is -1.43. The predicted octanol–water partition coefficient (Wildman–Crippen LogP) is 1.23. The standard InChI is InChI=1S/C15H25N5O/c1-15(2,3)13-8-20(18-17-13)12-6-10-4-5-11(7-12)19(10)9-14(16)21/h8,10-12H,4-7,9H2,1-3H3,(H2,16,21). The first-order valence-corrected chi connectivity index (χ1v) is 7.81. The molecule has 2 bridgehead atoms. The van der Waals surface area contributed by atoms with Gasteiger partial charge in [0.15, 0.2) is 0 Å². The molecule has 3 heterocycles. The zero-order valence-corrected chi connectivity index (χ0v) is 13.1. The van der Waals surface area contributed by atoms with Crippen molar-refractivity contribution in [2.45, 2.75) is 70.0 Å². The first-order valence-electron chi connectivity index (χ1n) is 7.81. The lowest BCUT2D eigenvalue weighted by atomic mass is 9.93. The minimum atomic E-state index is -0.221. The zero-order valence-electron chi connectivity index (χ0n) is 13.1. The predicted molar refractivity (Wildman–Crippen MR) is 79.7 cm³/mol. The van der Waals surface area contributed by atoms with Crippen molar-refractivity contribution >= 4 is 5.91 Å². The van der Waals surface area contributed by atoms with Gasteiger partial charge in [-0.2, -0.15) is 0 Å². The summed E-state index contributed by atoms with van der Waals surface area (Å²) in [6.07, 6.45) is 6.49. The molecule has 2 saturated heterocycles. The quantitative estimate of drug-likeness (QED) is 0.908. The maximum atomic E-state index is 11.2. The second-order valence-corrected chi connectivity index (χ2v) is 7.48. The summed E-state index contributed by atoms with van der Waals surface area (Å²) in [7, 11) is 0. The van der Waals surface area contributed by atoms with E-state index in [0.29, 0.717) is 24.7 Å². The van der Waals surface area contributed by atoms with E-state index in [2.05, 4.69) is 42.2 Å². The van der Waals surface area contributed by atoms with Crippen LogP contribution >= 0.6 is 0 Å². The molecule has 1 amide bonds. The minimum Gasteiger partial charge on any atom is -0.369 e. The number of carbonyl (C=O) groups excluding carboxylic acids is 1. The number of nitrogens with two attached hydrogens (primary N) is 1. The number of primary amides is 1. The number of fused-ring (bicyclic) bond motifs is 2. The van der Waals surface area contributed by atoms with Gasteiger partial charge in [-0.05, 0) is 25.7 Å². The molecule has 6 heteroatoms. The second kappa shape index (κ2) is 5.09. The van der Waals surface area contributed by atoms with Crippen molar-refractivity contribution < 1.29 is 4.79 Å². The highest BCUT2D eigenvalue weighted by atomic mass is 16.1. The molecule has 0 spiro atoms. The molecule has 3 rings (SSSR count). The zero-order chi connectivity index (χ0) is 15.2. The van der Waals surface area contributed by atoms with Crippen molar-refractivity contribution in [3.8, 4) is 0 Å². The van der Waals surface area contributed by atoms with Gasteiger partial charge in [-0.3, -0.25) is 9.69 Å². The van der Waals surface area contributed by atoms with E-state index < -0.39 is 0 Å². The van der Waals surface area contributed by atoms with E-state index in [1.165, 1.54) is 0 Å². The summed E-state index contributed by atoms with van der Waals surface area (Å²) in [4.78, 5) is 13.5. The van der Waals surface area contributed by atoms with Gasteiger partial charge in [-0.1, -0.05) is 26.0 Å². The van der Waals surface area contributed by atoms with E-state index in [-0.39, 0.29) is 11.3 Å². The van der Waals surface area contributed by atoms with Crippen LogP contribution < -0.4 is 5.73 Å². The van der Waals surface area contributed by atoms with Crippen molar-refractivity contribution in [3.63, 3.8) is 0 Å². The number of nitrogens with zero attached hydrogens (tertiary/aromatic N) is 4. The van der Waals surface area contributed by atoms with Crippen LogP contribution in [0.25, 0.3) is 0 Å². The Morgan fingerprint density at radius 1 is 1.29 bits per heavy atom. The average molecular weight is 291 g/mol. The molecule has 0 saturated carbocycles. The fourth-order valence-corrected chi connectivity index (χ4v) is 3.70. The van der Waals surface area contributed by atoms with Gasteiger partial charge in [-0.25, -0.2) is 4.68 Å². The molecular weight excluding hydrogens is 266 g/mol. The van der Waals surface area contributed by atoms with Crippen LogP contribution in [0.4, 0.5) is 0 Å². The number of amides is 1. The smallest absolute Gasteiger partial charge is 0.231 e. The highest BCUT2D eigenvalue weighted by Gasteiger charge is 2.42. The number of hydrogen-bond acceptors (Lipinski definition) is 4. The Morgan fingerprint density at radius 3 is 2.38 bits per heavy atom. The van der Waals surface area contributed by atoms with Crippen molar-refractivity contribution in [2.75, 3.05) is 6.54 Å². The molecule has 2 N–H and O–H groups in total. The Balaban J connectivity index is 1.73. The summed E-state index contributed by atoms with van der Waals surface area (Å²) in [5.41, 5.74) is 6.43. The Kier molecular flexibility index (Phi) is 3.51. The van der Waals surface area contributed by atoms with Crippen LogP contribution in [0.15, 0.2) is 6.20 Å². The number of carbonyl (C=O) groups is 1. The van der Waals surface area contributed by atoms with Crippen molar-refractivity contribution in [1.82, 2.24) is 19.9 Å². The maximum absolute atomic E-state index is 11.2. The molecule has 2 unspecified atom stereocenters. The van der Waals surface area contributed by atoms with Gasteiger partial charge in [0, 0.05) is 23.7 Å². The largest absolute Gasteiger partial charge is 0.369 e. The normalized spacial score (nSPS) is 29.8. The molecule has 1 aromatic heterocycles. The molecule has 2 atom stereocenters. The minimum absolute atomic E-state index is 0.0316. The molecule has 0 aliphatic carbocycles. The molecule has 2 fully saturated rings. The van der Waals surface area contributed by atoms with E-state index in [0.717, 1.165) is 31.4 Å². The van der Waals surface area contributed by atoms with Gasteiger partial charge < -0.3 is 5.73 Å². The summed E-state index contributed by atoms with van der Waals surface area (Å²) >= 11 is 0. The third-order valence-corrected chi connectivity index (χ3v) is 4.85. The van der Waals surface area contributed by atoms with Crippen LogP contribution in [-0.4, -0.2) is 44.4 Å². The van der Waals surface area contributed by atoms with Crippen LogP contribution in [0.2, 0.25) is 0 Å². The SMILES string of the molecule is CC(C)(C)c1cn(C2CC3CCC(C2)N3CC(N)=O)nn1. The van der Waals surface area contributed by atoms with Gasteiger partial charge in [-0.15, -0.1) is 5.10 Å². The van der Waals surface area contributed by atoms with E-state index >= 15 is 0 Å². The molecule has 1 aromatic rings. The number of rotatable bonds is 3. The van der Waals surface area contributed by atoms with E-state index in [9.17, 15) is 4.79 Å². The highest BCUT2D eigenvalue weighted by Crippen LogP contribution is 2.40. The molecule has 2 aliphatic heterocycles. The van der Waals surface area contributed by atoms with E-state index in [4.69, 9.17) is 5.73 Å². The lowest BCUT2D eigenvalue weighted by Gasteiger charge is -2.38. The van der Waals surface area contributed by atoms with E-state index in [1.54, 1.807) is 0 Å².